The van der Waals surface area contributed by atoms with Gasteiger partial charge in [0.2, 0.25) is 0 Å². The Labute approximate surface area is 301 Å². The third kappa shape index (κ3) is 4.31. The van der Waals surface area contributed by atoms with Crippen molar-refractivity contribution >= 4 is 92.7 Å². The van der Waals surface area contributed by atoms with Gasteiger partial charge in [0.1, 0.15) is 0 Å². The fourth-order valence-electron chi connectivity index (χ4n) is 8.54. The van der Waals surface area contributed by atoms with E-state index >= 15 is 0 Å². The first-order valence-electron chi connectivity index (χ1n) is 17.9. The summed E-state index contributed by atoms with van der Waals surface area (Å²) < 4.78 is 2.43. The first kappa shape index (κ1) is 28.9. The lowest BCUT2D eigenvalue weighted by Gasteiger charge is -2.28. The highest BCUT2D eigenvalue weighted by Crippen LogP contribution is 2.45. The average molecular weight is 661 g/mol. The van der Waals surface area contributed by atoms with Crippen molar-refractivity contribution < 1.29 is 0 Å². The van der Waals surface area contributed by atoms with Crippen molar-refractivity contribution in [3.8, 4) is 5.69 Å². The molecule has 11 rings (SSSR count). The van der Waals surface area contributed by atoms with E-state index in [0.29, 0.717) is 0 Å². The summed E-state index contributed by atoms with van der Waals surface area (Å²) in [4.78, 5) is 2.47. The Hall–Kier alpha value is -6.90. The van der Waals surface area contributed by atoms with Gasteiger partial charge in [0.25, 0.3) is 0 Å². The second-order valence-electron chi connectivity index (χ2n) is 13.7. The van der Waals surface area contributed by atoms with Crippen LogP contribution in [0.1, 0.15) is 0 Å². The Kier molecular flexibility index (Phi) is 6.28. The topological polar surface area (TPSA) is 8.17 Å². The summed E-state index contributed by atoms with van der Waals surface area (Å²) in [6.45, 7) is 0. The van der Waals surface area contributed by atoms with Gasteiger partial charge < -0.3 is 9.47 Å². The number of hydrogen-bond donors (Lipinski definition) is 0. The van der Waals surface area contributed by atoms with E-state index in [1.54, 1.807) is 0 Å². The molecule has 1 aromatic heterocycles. The zero-order chi connectivity index (χ0) is 34.2. The van der Waals surface area contributed by atoms with Crippen molar-refractivity contribution in [1.29, 1.82) is 0 Å². The van der Waals surface area contributed by atoms with E-state index in [1.807, 2.05) is 0 Å². The van der Waals surface area contributed by atoms with Crippen LogP contribution in [0.15, 0.2) is 194 Å². The summed E-state index contributed by atoms with van der Waals surface area (Å²) in [5.74, 6) is 0. The number of hydrogen-bond acceptors (Lipinski definition) is 1. The monoisotopic (exact) mass is 660 g/mol. The molecule has 10 aromatic carbocycles. The average Bonchev–Trinajstić information content (AvgIpc) is 3.56. The summed E-state index contributed by atoms with van der Waals surface area (Å²) in [7, 11) is 0. The van der Waals surface area contributed by atoms with Gasteiger partial charge in [0, 0.05) is 27.8 Å². The van der Waals surface area contributed by atoms with Gasteiger partial charge >= 0.3 is 0 Å². The van der Waals surface area contributed by atoms with Crippen molar-refractivity contribution in [2.45, 2.75) is 0 Å². The molecule has 1 heterocycles. The van der Waals surface area contributed by atoms with Crippen LogP contribution >= 0.6 is 0 Å². The largest absolute Gasteiger partial charge is 0.308 e. The predicted octanol–water partition coefficient (Wildman–Crippen LogP) is 14.0. The molecule has 0 amide bonds. The van der Waals surface area contributed by atoms with Crippen LogP contribution < -0.4 is 4.90 Å². The number of para-hydroxylation sites is 3. The summed E-state index contributed by atoms with van der Waals surface area (Å²) in [5.41, 5.74) is 6.87. The minimum absolute atomic E-state index is 1.12. The van der Waals surface area contributed by atoms with Crippen molar-refractivity contribution in [2.75, 3.05) is 4.90 Å². The van der Waals surface area contributed by atoms with Crippen LogP contribution in [0.5, 0.6) is 0 Å². The Morgan fingerprint density at radius 2 is 0.827 bits per heavy atom. The number of benzene rings is 10. The second-order valence-corrected chi connectivity index (χ2v) is 13.7. The van der Waals surface area contributed by atoms with Gasteiger partial charge in [0.15, 0.2) is 0 Å². The molecule has 52 heavy (non-hydrogen) atoms. The number of nitrogens with zero attached hydrogens (tertiary/aromatic N) is 2. The maximum absolute atomic E-state index is 2.47. The van der Waals surface area contributed by atoms with Gasteiger partial charge in [-0.3, -0.25) is 0 Å². The van der Waals surface area contributed by atoms with Gasteiger partial charge in [0.05, 0.1) is 16.7 Å². The van der Waals surface area contributed by atoms with Gasteiger partial charge in [-0.1, -0.05) is 146 Å². The van der Waals surface area contributed by atoms with E-state index in [9.17, 15) is 0 Å². The van der Waals surface area contributed by atoms with E-state index in [-0.39, 0.29) is 0 Å². The molecular formula is C50H32N2. The quantitative estimate of drug-likeness (QED) is 0.171. The first-order valence-corrected chi connectivity index (χ1v) is 17.9. The molecule has 0 aliphatic rings. The molecule has 242 valence electrons. The normalized spacial score (nSPS) is 11.8. The molecule has 0 N–H and O–H groups in total. The molecule has 0 fully saturated rings. The highest BCUT2D eigenvalue weighted by Gasteiger charge is 2.22. The predicted molar refractivity (Wildman–Crippen MR) is 223 cm³/mol. The number of anilines is 3. The first-order chi connectivity index (χ1) is 25.8. The Bertz CT molecular complexity index is 3190. The molecule has 0 aliphatic carbocycles. The van der Waals surface area contributed by atoms with E-state index in [2.05, 4.69) is 204 Å². The molecule has 2 nitrogen and oxygen atoms in total. The number of aromatic nitrogens is 1. The number of fused-ring (bicyclic) bond motifs is 11. The smallest absolute Gasteiger partial charge is 0.0782 e. The summed E-state index contributed by atoms with van der Waals surface area (Å²) in [6, 6.07) is 71.2. The molecule has 0 saturated carbocycles. The Morgan fingerprint density at radius 3 is 1.63 bits per heavy atom. The molecule has 0 spiro atoms. The zero-order valence-electron chi connectivity index (χ0n) is 28.4. The van der Waals surface area contributed by atoms with Gasteiger partial charge in [-0.15, -0.1) is 0 Å². The highest BCUT2D eigenvalue weighted by molar-refractivity contribution is 6.19. The summed E-state index contributed by atoms with van der Waals surface area (Å²) in [6.07, 6.45) is 0. The van der Waals surface area contributed by atoms with Crippen molar-refractivity contribution in [1.82, 2.24) is 4.57 Å². The van der Waals surface area contributed by atoms with Crippen molar-refractivity contribution in [2.24, 2.45) is 0 Å². The molecule has 0 unspecified atom stereocenters. The number of rotatable bonds is 4. The summed E-state index contributed by atoms with van der Waals surface area (Å²) >= 11 is 0. The SMILES string of the molecule is c1ccc(-n2c3ccccc3c3cccc(N(c4ccc5c(ccc6ccccc65)c4)c4ccc5ccc6c7ccccc7ccc6c5c4)c32)cc1. The third-order valence-corrected chi connectivity index (χ3v) is 10.9. The van der Waals surface area contributed by atoms with Crippen LogP contribution in [-0.4, -0.2) is 4.57 Å². The second kappa shape index (κ2) is 11.3. The van der Waals surface area contributed by atoms with Crippen molar-refractivity contribution in [3.05, 3.63) is 194 Å². The zero-order valence-corrected chi connectivity index (χ0v) is 28.4. The van der Waals surface area contributed by atoms with E-state index in [0.717, 1.165) is 22.7 Å². The van der Waals surface area contributed by atoms with Crippen LogP contribution in [0.3, 0.4) is 0 Å². The van der Waals surface area contributed by atoms with E-state index in [4.69, 9.17) is 0 Å². The van der Waals surface area contributed by atoms with Crippen LogP contribution in [0.25, 0.3) is 81.4 Å². The minimum Gasteiger partial charge on any atom is -0.308 e. The van der Waals surface area contributed by atoms with Gasteiger partial charge in [-0.25, -0.2) is 0 Å². The lowest BCUT2D eigenvalue weighted by atomic mass is 9.96. The van der Waals surface area contributed by atoms with Crippen LogP contribution in [-0.2, 0) is 0 Å². The molecule has 0 aliphatic heterocycles. The molecule has 0 bridgehead atoms. The molecule has 2 heteroatoms. The lowest BCUT2D eigenvalue weighted by Crippen LogP contribution is -2.11. The molecule has 0 radical (unpaired) electrons. The fraction of sp³-hybridized carbons (Fsp3) is 0. The molecule has 0 atom stereocenters. The van der Waals surface area contributed by atoms with Crippen molar-refractivity contribution in [3.63, 3.8) is 0 Å². The third-order valence-electron chi connectivity index (χ3n) is 10.9. The van der Waals surface area contributed by atoms with Gasteiger partial charge in [-0.2, -0.15) is 0 Å². The van der Waals surface area contributed by atoms with Crippen LogP contribution in [0, 0.1) is 0 Å². The fourth-order valence-corrected chi connectivity index (χ4v) is 8.54. The van der Waals surface area contributed by atoms with Gasteiger partial charge in [-0.05, 0) is 102 Å². The lowest BCUT2D eigenvalue weighted by molar-refractivity contribution is 1.17. The molecular weight excluding hydrogens is 629 g/mol. The molecule has 0 saturated heterocycles. The minimum atomic E-state index is 1.12. The molecule has 11 aromatic rings. The highest BCUT2D eigenvalue weighted by atomic mass is 15.2. The van der Waals surface area contributed by atoms with E-state index in [1.165, 1.54) is 75.7 Å². The standard InChI is InChI=1S/C50H32N2/c1-2-13-37(14-3-1)52-48-19-9-8-17-45(48)46-18-10-20-49(50(46)52)51(38-27-30-42-36(31-38)22-21-33-11-4-6-15-40(33)42)39-26-23-35-25-28-43-41-16-7-5-12-34(41)24-29-44(43)47(35)32-39/h1-32H. The maximum Gasteiger partial charge on any atom is 0.0782 e. The van der Waals surface area contributed by atoms with Crippen LogP contribution in [0.4, 0.5) is 17.1 Å². The van der Waals surface area contributed by atoms with Crippen LogP contribution in [0.2, 0.25) is 0 Å². The van der Waals surface area contributed by atoms with E-state index < -0.39 is 0 Å². The summed E-state index contributed by atoms with van der Waals surface area (Å²) in [5, 5.41) is 15.0. The maximum atomic E-state index is 2.47. The Morgan fingerprint density at radius 1 is 0.308 bits per heavy atom. The Balaban J connectivity index is 1.24.